The van der Waals surface area contributed by atoms with E-state index < -0.39 is 16.7 Å². The number of amides is 1. The van der Waals surface area contributed by atoms with E-state index in [0.717, 1.165) is 22.2 Å². The minimum absolute atomic E-state index is 0.121. The van der Waals surface area contributed by atoms with E-state index in [9.17, 15) is 14.1 Å². The lowest BCUT2D eigenvalue weighted by Crippen LogP contribution is -2.47. The molecule has 2 aromatic heterocycles. The number of carbonyl (C=O) groups excluding carboxylic acids is 1. The van der Waals surface area contributed by atoms with E-state index in [0.29, 0.717) is 16.1 Å². The maximum Gasteiger partial charge on any atom is 0.274 e. The topological polar surface area (TPSA) is 102 Å². The zero-order chi connectivity index (χ0) is 19.5. The summed E-state index contributed by atoms with van der Waals surface area (Å²) in [4.78, 5) is 28.4. The Hall–Kier alpha value is -2.71. The highest BCUT2D eigenvalue weighted by molar-refractivity contribution is 7.90. The number of aromatic nitrogens is 2. The molecule has 0 saturated heterocycles. The van der Waals surface area contributed by atoms with Gasteiger partial charge in [0, 0.05) is 48.1 Å². The van der Waals surface area contributed by atoms with Gasteiger partial charge in [0.25, 0.3) is 5.56 Å². The standard InChI is InChI=1S/C19H20N4O3S/c1-19(2)18(25)21-14-8-10(27(4)26)7-12(15(14)22-19)13-9-23(3)17(24)16-11(13)5-6-20-16/h5-9,20,22H,1-4H3,(H,21,25). The van der Waals surface area contributed by atoms with Gasteiger partial charge in [-0.05, 0) is 31.1 Å². The maximum absolute atomic E-state index is 12.4. The van der Waals surface area contributed by atoms with Gasteiger partial charge in [-0.15, -0.1) is 0 Å². The molecule has 1 aliphatic rings. The first-order valence-electron chi connectivity index (χ1n) is 8.47. The summed E-state index contributed by atoms with van der Waals surface area (Å²) in [6.07, 6.45) is 5.09. The van der Waals surface area contributed by atoms with Crippen molar-refractivity contribution in [1.29, 1.82) is 0 Å². The molecule has 140 valence electrons. The lowest BCUT2D eigenvalue weighted by Gasteiger charge is -2.34. The average Bonchev–Trinajstić information content (AvgIpc) is 3.08. The fraction of sp³-hybridized carbons (Fsp3) is 0.263. The van der Waals surface area contributed by atoms with Crippen molar-refractivity contribution in [3.63, 3.8) is 0 Å². The third kappa shape index (κ3) is 2.72. The number of carbonyl (C=O) groups is 1. The van der Waals surface area contributed by atoms with Crippen molar-refractivity contribution in [2.75, 3.05) is 16.9 Å². The molecular weight excluding hydrogens is 364 g/mol. The van der Waals surface area contributed by atoms with E-state index in [1.807, 2.05) is 12.1 Å². The van der Waals surface area contributed by atoms with Crippen LogP contribution in [0.5, 0.6) is 0 Å². The Kier molecular flexibility index (Phi) is 3.87. The van der Waals surface area contributed by atoms with Crippen molar-refractivity contribution < 1.29 is 9.35 Å². The lowest BCUT2D eigenvalue weighted by atomic mass is 9.94. The lowest BCUT2D eigenvalue weighted by molar-refractivity contribution is -0.119. The Bertz CT molecular complexity index is 1140. The summed E-state index contributed by atoms with van der Waals surface area (Å²) in [5.74, 6) is -0.160. The Balaban J connectivity index is 2.07. The number of hydrogen-bond acceptors (Lipinski definition) is 4. The van der Waals surface area contributed by atoms with Gasteiger partial charge in [0.05, 0.1) is 11.4 Å². The first-order valence-corrected chi connectivity index (χ1v) is 10.0. The fourth-order valence-corrected chi connectivity index (χ4v) is 3.93. The predicted octanol–water partition coefficient (Wildman–Crippen LogP) is 2.41. The molecule has 3 aromatic rings. The van der Waals surface area contributed by atoms with Gasteiger partial charge in [-0.2, -0.15) is 0 Å². The largest absolute Gasteiger partial charge is 0.612 e. The van der Waals surface area contributed by atoms with Gasteiger partial charge in [-0.25, -0.2) is 0 Å². The van der Waals surface area contributed by atoms with Gasteiger partial charge in [0.15, 0.2) is 4.90 Å². The minimum atomic E-state index is -1.23. The highest BCUT2D eigenvalue weighted by atomic mass is 32.2. The fourth-order valence-electron chi connectivity index (χ4n) is 3.36. The molecule has 1 amide bonds. The molecular formula is C19H20N4O3S. The second kappa shape index (κ2) is 5.90. The number of nitrogens with zero attached hydrogens (tertiary/aromatic N) is 1. The number of aryl methyl sites for hydroxylation is 1. The number of H-pyrrole nitrogens is 1. The molecule has 1 atom stereocenters. The van der Waals surface area contributed by atoms with Crippen molar-refractivity contribution in [2.24, 2.45) is 7.05 Å². The van der Waals surface area contributed by atoms with Gasteiger partial charge < -0.3 is 24.7 Å². The van der Waals surface area contributed by atoms with Crippen molar-refractivity contribution in [1.82, 2.24) is 9.55 Å². The molecule has 1 unspecified atom stereocenters. The zero-order valence-electron chi connectivity index (χ0n) is 15.5. The van der Waals surface area contributed by atoms with Crippen molar-refractivity contribution in [2.45, 2.75) is 24.3 Å². The third-order valence-electron chi connectivity index (χ3n) is 4.88. The van der Waals surface area contributed by atoms with Crippen LogP contribution in [-0.4, -0.2) is 31.8 Å². The molecule has 0 aliphatic carbocycles. The summed E-state index contributed by atoms with van der Waals surface area (Å²) in [5.41, 5.74) is 2.51. The van der Waals surface area contributed by atoms with Gasteiger partial charge in [-0.3, -0.25) is 9.59 Å². The van der Waals surface area contributed by atoms with Crippen LogP contribution >= 0.6 is 0 Å². The number of nitrogens with one attached hydrogen (secondary N) is 3. The second-order valence-electron chi connectivity index (χ2n) is 7.28. The highest BCUT2D eigenvalue weighted by Gasteiger charge is 2.35. The van der Waals surface area contributed by atoms with Gasteiger partial charge >= 0.3 is 0 Å². The number of aromatic amines is 1. The second-order valence-corrected chi connectivity index (χ2v) is 8.66. The normalized spacial score (nSPS) is 16.6. The molecule has 3 heterocycles. The summed E-state index contributed by atoms with van der Waals surface area (Å²) in [6, 6.07) is 5.42. The zero-order valence-corrected chi connectivity index (χ0v) is 16.3. The number of rotatable bonds is 2. The smallest absolute Gasteiger partial charge is 0.274 e. The van der Waals surface area contributed by atoms with Crippen molar-refractivity contribution >= 4 is 39.4 Å². The highest BCUT2D eigenvalue weighted by Crippen LogP contribution is 2.42. The van der Waals surface area contributed by atoms with Crippen LogP contribution in [0, 0.1) is 0 Å². The molecule has 7 nitrogen and oxygen atoms in total. The molecule has 1 aromatic carbocycles. The van der Waals surface area contributed by atoms with Crippen LogP contribution in [0.4, 0.5) is 11.4 Å². The SMILES string of the molecule is Cn1cc(-c2cc([S+](C)[O-])cc3c2NC(C)(C)C(=O)N3)c2cc[nH]c2c1=O. The molecule has 27 heavy (non-hydrogen) atoms. The number of fused-ring (bicyclic) bond motifs is 2. The Morgan fingerprint density at radius 1 is 1.19 bits per heavy atom. The number of hydrogen-bond donors (Lipinski definition) is 3. The monoisotopic (exact) mass is 384 g/mol. The summed E-state index contributed by atoms with van der Waals surface area (Å²) in [7, 11) is 1.69. The van der Waals surface area contributed by atoms with E-state index >= 15 is 0 Å². The quantitative estimate of drug-likeness (QED) is 0.591. The Morgan fingerprint density at radius 3 is 2.63 bits per heavy atom. The third-order valence-corrected chi connectivity index (χ3v) is 5.78. The molecule has 0 fully saturated rings. The van der Waals surface area contributed by atoms with Crippen LogP contribution in [0.3, 0.4) is 0 Å². The summed E-state index contributed by atoms with van der Waals surface area (Å²) < 4.78 is 13.7. The summed E-state index contributed by atoms with van der Waals surface area (Å²) in [5, 5.41) is 6.99. The first-order chi connectivity index (χ1) is 12.7. The molecule has 0 saturated carbocycles. The van der Waals surface area contributed by atoms with Crippen LogP contribution in [0.25, 0.3) is 22.0 Å². The predicted molar refractivity (Wildman–Crippen MR) is 108 cm³/mol. The number of anilines is 2. The summed E-state index contributed by atoms with van der Waals surface area (Å²) in [6.45, 7) is 3.60. The van der Waals surface area contributed by atoms with Crippen molar-refractivity contribution in [3.8, 4) is 11.1 Å². The van der Waals surface area contributed by atoms with Crippen LogP contribution in [0.1, 0.15) is 13.8 Å². The molecule has 0 spiro atoms. The molecule has 4 rings (SSSR count). The maximum atomic E-state index is 12.4. The van der Waals surface area contributed by atoms with E-state index in [1.54, 1.807) is 45.6 Å². The van der Waals surface area contributed by atoms with E-state index in [4.69, 9.17) is 0 Å². The molecule has 8 heteroatoms. The molecule has 3 N–H and O–H groups in total. The van der Waals surface area contributed by atoms with Crippen LogP contribution < -0.4 is 16.2 Å². The van der Waals surface area contributed by atoms with E-state index in [-0.39, 0.29) is 11.5 Å². The number of pyridine rings is 1. The Morgan fingerprint density at radius 2 is 1.93 bits per heavy atom. The van der Waals surface area contributed by atoms with Crippen LogP contribution in [0.2, 0.25) is 0 Å². The average molecular weight is 384 g/mol. The van der Waals surface area contributed by atoms with Crippen molar-refractivity contribution in [3.05, 3.63) is 40.9 Å². The van der Waals surface area contributed by atoms with E-state index in [2.05, 4.69) is 15.6 Å². The molecule has 1 aliphatic heterocycles. The summed E-state index contributed by atoms with van der Waals surface area (Å²) >= 11 is -1.23. The first kappa shape index (κ1) is 17.7. The Labute approximate surface area is 159 Å². The minimum Gasteiger partial charge on any atom is -0.612 e. The molecule has 0 bridgehead atoms. The van der Waals surface area contributed by atoms with Crippen LogP contribution in [-0.2, 0) is 23.0 Å². The van der Waals surface area contributed by atoms with Gasteiger partial charge in [0.1, 0.15) is 17.3 Å². The van der Waals surface area contributed by atoms with Gasteiger partial charge in [0.2, 0.25) is 5.91 Å². The number of benzene rings is 1. The molecule has 0 radical (unpaired) electrons. The van der Waals surface area contributed by atoms with Gasteiger partial charge in [-0.1, -0.05) is 0 Å². The van der Waals surface area contributed by atoms with E-state index in [1.165, 1.54) is 4.57 Å². The van der Waals surface area contributed by atoms with Crippen LogP contribution in [0.15, 0.2) is 40.3 Å².